The first-order chi connectivity index (χ1) is 7.92. The maximum Gasteiger partial charge on any atom is 0.229 e. The van der Waals surface area contributed by atoms with Gasteiger partial charge in [-0.2, -0.15) is 4.98 Å². The summed E-state index contributed by atoms with van der Waals surface area (Å²) in [4.78, 5) is 4.31. The van der Waals surface area contributed by atoms with Gasteiger partial charge >= 0.3 is 0 Å². The molecule has 0 radical (unpaired) electrons. The van der Waals surface area contributed by atoms with Crippen molar-refractivity contribution in [3.8, 4) is 0 Å². The predicted molar refractivity (Wildman–Crippen MR) is 57.0 cm³/mol. The van der Waals surface area contributed by atoms with Crippen LogP contribution in [0.1, 0.15) is 43.3 Å². The van der Waals surface area contributed by atoms with Gasteiger partial charge in [0.1, 0.15) is 6.61 Å². The maximum absolute atomic E-state index is 5.57. The summed E-state index contributed by atoms with van der Waals surface area (Å²) in [6.07, 6.45) is 4.84. The number of ether oxygens (including phenoxy) is 1. The Bertz CT molecular complexity index is 343. The monoisotopic (exact) mass is 223 g/mol. The smallest absolute Gasteiger partial charge is 0.229 e. The molecule has 3 rings (SSSR count). The number of aromatic nitrogens is 2. The molecule has 1 saturated carbocycles. The van der Waals surface area contributed by atoms with Crippen molar-refractivity contribution in [1.29, 1.82) is 0 Å². The summed E-state index contributed by atoms with van der Waals surface area (Å²) in [6, 6.07) is 0.509. The Morgan fingerprint density at radius 3 is 3.06 bits per heavy atom. The molecule has 1 aromatic heterocycles. The van der Waals surface area contributed by atoms with Crippen LogP contribution in [0.25, 0.3) is 0 Å². The Balaban J connectivity index is 1.42. The van der Waals surface area contributed by atoms with E-state index in [0.717, 1.165) is 19.0 Å². The van der Waals surface area contributed by atoms with Gasteiger partial charge in [-0.15, -0.1) is 0 Å². The molecular weight excluding hydrogens is 206 g/mol. The highest BCUT2D eigenvalue weighted by Gasteiger charge is 2.29. The number of nitrogens with zero attached hydrogens (tertiary/aromatic N) is 2. The third-order valence-electron chi connectivity index (χ3n) is 3.12. The summed E-state index contributed by atoms with van der Waals surface area (Å²) >= 11 is 0. The second-order valence-corrected chi connectivity index (χ2v) is 4.63. The SMILES string of the molecule is C1CNC(COCc2noc(C3CC3)n2)C1. The third kappa shape index (κ3) is 2.41. The topological polar surface area (TPSA) is 60.2 Å². The van der Waals surface area contributed by atoms with Crippen molar-refractivity contribution in [2.75, 3.05) is 13.2 Å². The summed E-state index contributed by atoms with van der Waals surface area (Å²) < 4.78 is 10.7. The molecule has 1 N–H and O–H groups in total. The van der Waals surface area contributed by atoms with Crippen LogP contribution in [0.3, 0.4) is 0 Å². The molecule has 5 nitrogen and oxygen atoms in total. The van der Waals surface area contributed by atoms with Gasteiger partial charge in [0.05, 0.1) is 6.61 Å². The van der Waals surface area contributed by atoms with Crippen molar-refractivity contribution in [2.24, 2.45) is 0 Å². The predicted octanol–water partition coefficient (Wildman–Crippen LogP) is 1.22. The first-order valence-electron chi connectivity index (χ1n) is 6.05. The largest absolute Gasteiger partial charge is 0.372 e. The molecule has 0 bridgehead atoms. The van der Waals surface area contributed by atoms with Crippen LogP contribution in [0.2, 0.25) is 0 Å². The fourth-order valence-corrected chi connectivity index (χ4v) is 2.01. The number of hydrogen-bond donors (Lipinski definition) is 1. The zero-order valence-corrected chi connectivity index (χ0v) is 9.32. The lowest BCUT2D eigenvalue weighted by Gasteiger charge is -2.08. The minimum atomic E-state index is 0.467. The number of nitrogens with one attached hydrogen (secondary N) is 1. The first-order valence-corrected chi connectivity index (χ1v) is 6.05. The van der Waals surface area contributed by atoms with Gasteiger partial charge in [0.2, 0.25) is 5.89 Å². The Morgan fingerprint density at radius 1 is 1.38 bits per heavy atom. The second-order valence-electron chi connectivity index (χ2n) is 4.63. The molecule has 1 aliphatic carbocycles. The van der Waals surface area contributed by atoms with E-state index < -0.39 is 0 Å². The van der Waals surface area contributed by atoms with Gasteiger partial charge < -0.3 is 14.6 Å². The van der Waals surface area contributed by atoms with E-state index in [4.69, 9.17) is 9.26 Å². The minimum absolute atomic E-state index is 0.467. The zero-order valence-electron chi connectivity index (χ0n) is 9.32. The van der Waals surface area contributed by atoms with Crippen LogP contribution in [0.5, 0.6) is 0 Å². The van der Waals surface area contributed by atoms with Crippen molar-refractivity contribution < 1.29 is 9.26 Å². The van der Waals surface area contributed by atoms with Crippen molar-refractivity contribution in [3.05, 3.63) is 11.7 Å². The van der Waals surface area contributed by atoms with Crippen LogP contribution in [0, 0.1) is 0 Å². The number of rotatable bonds is 5. The molecule has 1 saturated heterocycles. The fraction of sp³-hybridized carbons (Fsp3) is 0.818. The quantitative estimate of drug-likeness (QED) is 0.813. The summed E-state index contributed by atoms with van der Waals surface area (Å²) in [7, 11) is 0. The van der Waals surface area contributed by atoms with Crippen molar-refractivity contribution >= 4 is 0 Å². The van der Waals surface area contributed by atoms with E-state index >= 15 is 0 Å². The molecule has 0 amide bonds. The molecule has 1 aliphatic heterocycles. The number of hydrogen-bond acceptors (Lipinski definition) is 5. The van der Waals surface area contributed by atoms with Crippen LogP contribution in [-0.4, -0.2) is 29.3 Å². The van der Waals surface area contributed by atoms with Gasteiger partial charge in [-0.3, -0.25) is 0 Å². The molecule has 2 aliphatic rings. The molecule has 1 unspecified atom stereocenters. The normalized spacial score (nSPS) is 25.1. The van der Waals surface area contributed by atoms with Gasteiger partial charge in [0.25, 0.3) is 0 Å². The highest BCUT2D eigenvalue weighted by Crippen LogP contribution is 2.38. The van der Waals surface area contributed by atoms with Crippen LogP contribution in [-0.2, 0) is 11.3 Å². The third-order valence-corrected chi connectivity index (χ3v) is 3.12. The molecule has 2 fully saturated rings. The molecular formula is C11H17N3O2. The minimum Gasteiger partial charge on any atom is -0.372 e. The van der Waals surface area contributed by atoms with Crippen LogP contribution >= 0.6 is 0 Å². The molecule has 5 heteroatoms. The standard InChI is InChI=1S/C11H17N3O2/c1-2-9(12-5-1)6-15-7-10-13-11(16-14-10)8-3-4-8/h8-9,12H,1-7H2. The van der Waals surface area contributed by atoms with E-state index in [2.05, 4.69) is 15.5 Å². The summed E-state index contributed by atoms with van der Waals surface area (Å²) in [5.41, 5.74) is 0. The van der Waals surface area contributed by atoms with Crippen LogP contribution in [0.15, 0.2) is 4.52 Å². The molecule has 88 valence electrons. The highest BCUT2D eigenvalue weighted by molar-refractivity contribution is 5.01. The zero-order chi connectivity index (χ0) is 10.8. The average molecular weight is 223 g/mol. The molecule has 0 spiro atoms. The van der Waals surface area contributed by atoms with Gasteiger partial charge in [-0.05, 0) is 32.2 Å². The summed E-state index contributed by atoms with van der Waals surface area (Å²) in [5.74, 6) is 2.00. The Kier molecular flexibility index (Phi) is 2.88. The summed E-state index contributed by atoms with van der Waals surface area (Å²) in [5, 5.41) is 7.30. The van der Waals surface area contributed by atoms with Crippen molar-refractivity contribution in [3.63, 3.8) is 0 Å². The second kappa shape index (κ2) is 4.51. The Labute approximate surface area is 94.6 Å². The van der Waals surface area contributed by atoms with Gasteiger partial charge in [0, 0.05) is 12.0 Å². The lowest BCUT2D eigenvalue weighted by Crippen LogP contribution is -2.26. The van der Waals surface area contributed by atoms with Gasteiger partial charge in [-0.1, -0.05) is 5.16 Å². The molecule has 16 heavy (non-hydrogen) atoms. The molecule has 1 atom stereocenters. The molecule has 0 aromatic carbocycles. The van der Waals surface area contributed by atoms with Crippen LogP contribution in [0.4, 0.5) is 0 Å². The molecule has 2 heterocycles. The average Bonchev–Trinajstić information content (AvgIpc) is 2.83. The first kappa shape index (κ1) is 10.2. The Morgan fingerprint density at radius 2 is 2.31 bits per heavy atom. The van der Waals surface area contributed by atoms with E-state index in [0.29, 0.717) is 24.4 Å². The fourth-order valence-electron chi connectivity index (χ4n) is 2.01. The Hall–Kier alpha value is -0.940. The van der Waals surface area contributed by atoms with Crippen molar-refractivity contribution in [2.45, 2.75) is 44.2 Å². The van der Waals surface area contributed by atoms with E-state index in [1.54, 1.807) is 0 Å². The van der Waals surface area contributed by atoms with Gasteiger partial charge in [-0.25, -0.2) is 0 Å². The lowest BCUT2D eigenvalue weighted by molar-refractivity contribution is 0.0968. The highest BCUT2D eigenvalue weighted by atomic mass is 16.5. The van der Waals surface area contributed by atoms with E-state index in [1.165, 1.54) is 25.7 Å². The van der Waals surface area contributed by atoms with Gasteiger partial charge in [0.15, 0.2) is 5.82 Å². The molecule has 1 aromatic rings. The lowest BCUT2D eigenvalue weighted by atomic mass is 10.2. The van der Waals surface area contributed by atoms with E-state index in [1.807, 2.05) is 0 Å². The van der Waals surface area contributed by atoms with Crippen LogP contribution < -0.4 is 5.32 Å². The summed E-state index contributed by atoms with van der Waals surface area (Å²) in [6.45, 7) is 2.32. The van der Waals surface area contributed by atoms with Crippen molar-refractivity contribution in [1.82, 2.24) is 15.5 Å². The van der Waals surface area contributed by atoms with E-state index in [-0.39, 0.29) is 0 Å². The maximum atomic E-state index is 5.57. The van der Waals surface area contributed by atoms with E-state index in [9.17, 15) is 0 Å².